The molecule has 0 aliphatic carbocycles. The minimum absolute atomic E-state index is 0. The molecular weight excluding hydrogens is 285 g/mol. The Balaban J connectivity index is 0.000000902. The van der Waals surface area contributed by atoms with Gasteiger partial charge in [-0.05, 0) is 45.2 Å². The topological polar surface area (TPSA) is 44.4 Å². The fraction of sp³-hybridized carbons (Fsp3) is 0.923. The minimum atomic E-state index is 0. The van der Waals surface area contributed by atoms with Crippen LogP contribution in [-0.4, -0.2) is 48.6 Å². The summed E-state index contributed by atoms with van der Waals surface area (Å²) in [6.45, 7) is 3.41. The zero-order valence-corrected chi connectivity index (χ0v) is 12.9. The van der Waals surface area contributed by atoms with Gasteiger partial charge in [0.05, 0.1) is 6.04 Å². The van der Waals surface area contributed by atoms with E-state index < -0.39 is 0 Å². The third-order valence-corrected chi connectivity index (χ3v) is 4.56. The molecule has 3 heterocycles. The number of amides is 1. The number of rotatable bonds is 2. The first-order valence-corrected chi connectivity index (χ1v) is 7.12. The van der Waals surface area contributed by atoms with E-state index in [-0.39, 0.29) is 36.8 Å². The van der Waals surface area contributed by atoms with Gasteiger partial charge < -0.3 is 10.6 Å². The lowest BCUT2D eigenvalue weighted by Gasteiger charge is -2.32. The summed E-state index contributed by atoms with van der Waals surface area (Å²) >= 11 is 0. The van der Waals surface area contributed by atoms with Crippen LogP contribution in [0.4, 0.5) is 0 Å². The molecule has 3 atom stereocenters. The number of nitrogens with one attached hydrogen (secondary N) is 2. The first kappa shape index (κ1) is 17.0. The molecular formula is C13H25Cl2N3O. The molecule has 4 nitrogen and oxygen atoms in total. The van der Waals surface area contributed by atoms with Crippen LogP contribution in [-0.2, 0) is 4.79 Å². The maximum atomic E-state index is 12.1. The van der Waals surface area contributed by atoms with Gasteiger partial charge in [0.1, 0.15) is 0 Å². The summed E-state index contributed by atoms with van der Waals surface area (Å²) in [5, 5.41) is 6.55. The van der Waals surface area contributed by atoms with E-state index in [0.29, 0.717) is 12.1 Å². The van der Waals surface area contributed by atoms with E-state index in [0.717, 1.165) is 25.8 Å². The normalized spacial score (nSPS) is 34.0. The van der Waals surface area contributed by atoms with Gasteiger partial charge in [-0.15, -0.1) is 24.8 Å². The van der Waals surface area contributed by atoms with Crippen molar-refractivity contribution in [2.45, 2.75) is 56.7 Å². The third-order valence-electron chi connectivity index (χ3n) is 4.56. The first-order chi connectivity index (χ1) is 8.34. The summed E-state index contributed by atoms with van der Waals surface area (Å²) in [6, 6.07) is 1.10. The molecule has 0 bridgehead atoms. The van der Waals surface area contributed by atoms with Gasteiger partial charge in [0.15, 0.2) is 0 Å². The Kier molecular flexibility index (Phi) is 6.87. The molecule has 0 saturated carbocycles. The molecule has 3 aliphatic heterocycles. The van der Waals surface area contributed by atoms with Gasteiger partial charge in [0, 0.05) is 18.6 Å². The summed E-state index contributed by atoms with van der Waals surface area (Å²) in [5.41, 5.74) is 0. The molecule has 1 amide bonds. The number of piperidine rings is 1. The van der Waals surface area contributed by atoms with Gasteiger partial charge in [-0.2, -0.15) is 0 Å². The van der Waals surface area contributed by atoms with E-state index in [1.807, 2.05) is 0 Å². The van der Waals surface area contributed by atoms with Gasteiger partial charge in [0.25, 0.3) is 0 Å². The molecule has 0 aromatic heterocycles. The number of halogens is 2. The Labute approximate surface area is 127 Å². The second-order valence-corrected chi connectivity index (χ2v) is 5.65. The standard InChI is InChI=1S/C13H23N3O.2ClH/c17-13(11-4-3-7-14-11)15-10-6-9-16-8-2-1-5-12(10)16;;/h10-12,14H,1-9H2,(H,15,17);2*1H/t10?,11-,12?;;/m0../s1. The highest BCUT2D eigenvalue weighted by Gasteiger charge is 2.37. The zero-order chi connectivity index (χ0) is 11.7. The lowest BCUT2D eigenvalue weighted by molar-refractivity contribution is -0.123. The summed E-state index contributed by atoms with van der Waals surface area (Å²) in [5.74, 6) is 0.236. The van der Waals surface area contributed by atoms with Crippen molar-refractivity contribution in [1.82, 2.24) is 15.5 Å². The fourth-order valence-electron chi connectivity index (χ4n) is 3.61. The van der Waals surface area contributed by atoms with Crippen LogP contribution in [0.15, 0.2) is 0 Å². The largest absolute Gasteiger partial charge is 0.350 e. The summed E-state index contributed by atoms with van der Waals surface area (Å²) < 4.78 is 0. The molecule has 2 unspecified atom stereocenters. The SMILES string of the molecule is Cl.Cl.O=C(NC1CCN2CCCCC12)[C@@H]1CCCN1. The van der Waals surface area contributed by atoms with Crippen molar-refractivity contribution >= 4 is 30.7 Å². The number of carbonyl (C=O) groups is 1. The highest BCUT2D eigenvalue weighted by molar-refractivity contribution is 5.85. The van der Waals surface area contributed by atoms with Crippen LogP contribution in [0.3, 0.4) is 0 Å². The second-order valence-electron chi connectivity index (χ2n) is 5.65. The minimum Gasteiger partial charge on any atom is -0.350 e. The van der Waals surface area contributed by atoms with Crippen LogP contribution >= 0.6 is 24.8 Å². The van der Waals surface area contributed by atoms with Gasteiger partial charge in [0.2, 0.25) is 5.91 Å². The van der Waals surface area contributed by atoms with E-state index in [2.05, 4.69) is 15.5 Å². The second kappa shape index (κ2) is 7.67. The van der Waals surface area contributed by atoms with Crippen LogP contribution in [0.5, 0.6) is 0 Å². The monoisotopic (exact) mass is 309 g/mol. The van der Waals surface area contributed by atoms with Crippen molar-refractivity contribution in [3.05, 3.63) is 0 Å². The predicted octanol–water partition coefficient (Wildman–Crippen LogP) is 1.32. The lowest BCUT2D eigenvalue weighted by Crippen LogP contribution is -2.51. The molecule has 0 radical (unpaired) electrons. The Morgan fingerprint density at radius 3 is 2.63 bits per heavy atom. The Morgan fingerprint density at radius 1 is 1.05 bits per heavy atom. The summed E-state index contributed by atoms with van der Waals surface area (Å²) in [4.78, 5) is 14.6. The van der Waals surface area contributed by atoms with Crippen LogP contribution in [0, 0.1) is 0 Å². The van der Waals surface area contributed by atoms with Crippen LogP contribution in [0.25, 0.3) is 0 Å². The fourth-order valence-corrected chi connectivity index (χ4v) is 3.61. The van der Waals surface area contributed by atoms with Crippen molar-refractivity contribution in [2.24, 2.45) is 0 Å². The number of nitrogens with zero attached hydrogens (tertiary/aromatic N) is 1. The lowest BCUT2D eigenvalue weighted by atomic mass is 9.99. The highest BCUT2D eigenvalue weighted by atomic mass is 35.5. The molecule has 6 heteroatoms. The molecule has 2 N–H and O–H groups in total. The van der Waals surface area contributed by atoms with Gasteiger partial charge in [-0.3, -0.25) is 9.69 Å². The number of fused-ring (bicyclic) bond motifs is 1. The molecule has 112 valence electrons. The van der Waals surface area contributed by atoms with Gasteiger partial charge in [-0.1, -0.05) is 6.42 Å². The number of hydrogen-bond acceptors (Lipinski definition) is 3. The molecule has 19 heavy (non-hydrogen) atoms. The maximum absolute atomic E-state index is 12.1. The average molecular weight is 310 g/mol. The summed E-state index contributed by atoms with van der Waals surface area (Å²) in [6.07, 6.45) is 7.22. The molecule has 0 aromatic rings. The van der Waals surface area contributed by atoms with Crippen LogP contribution in [0.1, 0.15) is 38.5 Å². The quantitative estimate of drug-likeness (QED) is 0.809. The van der Waals surface area contributed by atoms with E-state index >= 15 is 0 Å². The maximum Gasteiger partial charge on any atom is 0.237 e. The summed E-state index contributed by atoms with van der Waals surface area (Å²) in [7, 11) is 0. The third kappa shape index (κ3) is 3.75. The van der Waals surface area contributed by atoms with E-state index in [1.165, 1.54) is 32.4 Å². The molecule has 3 aliphatic rings. The van der Waals surface area contributed by atoms with Crippen molar-refractivity contribution in [3.8, 4) is 0 Å². The Bertz CT molecular complexity index is 298. The zero-order valence-electron chi connectivity index (χ0n) is 11.3. The van der Waals surface area contributed by atoms with Crippen molar-refractivity contribution in [2.75, 3.05) is 19.6 Å². The first-order valence-electron chi connectivity index (χ1n) is 7.12. The van der Waals surface area contributed by atoms with E-state index in [1.54, 1.807) is 0 Å². The van der Waals surface area contributed by atoms with Crippen LogP contribution < -0.4 is 10.6 Å². The van der Waals surface area contributed by atoms with Crippen molar-refractivity contribution < 1.29 is 4.79 Å². The van der Waals surface area contributed by atoms with Gasteiger partial charge in [-0.25, -0.2) is 0 Å². The molecule has 3 rings (SSSR count). The number of carbonyl (C=O) groups excluding carboxylic acids is 1. The van der Waals surface area contributed by atoms with Gasteiger partial charge >= 0.3 is 0 Å². The highest BCUT2D eigenvalue weighted by Crippen LogP contribution is 2.27. The van der Waals surface area contributed by atoms with Crippen LogP contribution in [0.2, 0.25) is 0 Å². The number of hydrogen-bond donors (Lipinski definition) is 2. The van der Waals surface area contributed by atoms with Crippen molar-refractivity contribution in [3.63, 3.8) is 0 Å². The molecule has 0 spiro atoms. The molecule has 0 aromatic carbocycles. The predicted molar refractivity (Wildman–Crippen MR) is 81.3 cm³/mol. The van der Waals surface area contributed by atoms with E-state index in [9.17, 15) is 4.79 Å². The molecule has 3 saturated heterocycles. The Hall–Kier alpha value is -0.0300. The van der Waals surface area contributed by atoms with E-state index in [4.69, 9.17) is 0 Å². The average Bonchev–Trinajstić information content (AvgIpc) is 2.98. The smallest absolute Gasteiger partial charge is 0.237 e. The Morgan fingerprint density at radius 2 is 1.89 bits per heavy atom. The van der Waals surface area contributed by atoms with Crippen molar-refractivity contribution in [1.29, 1.82) is 0 Å². The molecule has 3 fully saturated rings.